The van der Waals surface area contributed by atoms with Gasteiger partial charge in [-0.1, -0.05) is 101 Å². The zero-order valence-electron chi connectivity index (χ0n) is 38.8. The minimum Gasteiger partial charge on any atom is -0.508 e. The number of ether oxygens (including phenoxy) is 1. The van der Waals surface area contributed by atoms with Crippen molar-refractivity contribution in [3.63, 3.8) is 0 Å². The van der Waals surface area contributed by atoms with Gasteiger partial charge in [0.25, 0.3) is 0 Å². The number of aromatic nitrogens is 1. The van der Waals surface area contributed by atoms with E-state index < -0.39 is 18.2 Å². The van der Waals surface area contributed by atoms with E-state index in [-0.39, 0.29) is 46.9 Å². The second-order valence-electron chi connectivity index (χ2n) is 19.9. The number of nitrogens with one attached hydrogen (secondary N) is 1. The molecule has 6 atom stereocenters. The number of hydrogen-bond acceptors (Lipinski definition) is 10. The van der Waals surface area contributed by atoms with Crippen LogP contribution in [0.15, 0.2) is 103 Å². The Bertz CT molecular complexity index is 2740. The lowest BCUT2D eigenvalue weighted by molar-refractivity contribution is -0.114. The molecule has 0 unspecified atom stereocenters. The summed E-state index contributed by atoms with van der Waals surface area (Å²) in [5.74, 6) is 8.68. The summed E-state index contributed by atoms with van der Waals surface area (Å²) in [6.07, 6.45) is 12.7. The third-order valence-corrected chi connectivity index (χ3v) is 17.8. The molecule has 4 aliphatic rings. The second kappa shape index (κ2) is 20.8. The SMILES string of the molecule is C[C@H](CCc1ccccc1)C[C@@H]1CC[C@]23CSSCc4cc5c(cc4C(N)N)C#CCc4[nH]ccc4C(=O)C[C@@H]5c4cc(ccc4O)CCOc4cc(ccc4O)CCC(=O)/C=C\[C@]1(C[C@H]2O)C3. The molecule has 0 amide bonds. The molecule has 4 aromatic carbocycles. The van der Waals surface area contributed by atoms with Crippen LogP contribution in [-0.2, 0) is 36.2 Å². The number of fused-ring (bicyclic) bond motifs is 7. The maximum Gasteiger partial charge on any atom is 0.165 e. The van der Waals surface area contributed by atoms with Gasteiger partial charge in [0, 0.05) is 70.7 Å². The summed E-state index contributed by atoms with van der Waals surface area (Å²) in [7, 11) is 3.48. The average Bonchev–Trinajstić information content (AvgIpc) is 3.90. The molecule has 3 aliphatic carbocycles. The second-order valence-corrected chi connectivity index (χ2v) is 22.4. The summed E-state index contributed by atoms with van der Waals surface area (Å²) >= 11 is 0. The van der Waals surface area contributed by atoms with E-state index in [0.717, 1.165) is 77.8 Å². The van der Waals surface area contributed by atoms with E-state index in [2.05, 4.69) is 66.2 Å². The molecular weight excluding hydrogens is 887 g/mol. The number of ketones is 2. The van der Waals surface area contributed by atoms with Gasteiger partial charge in [0.1, 0.15) is 5.75 Å². The third-order valence-electron chi connectivity index (χ3n) is 15.3. The van der Waals surface area contributed by atoms with Crippen molar-refractivity contribution in [3.05, 3.63) is 159 Å². The van der Waals surface area contributed by atoms with Crippen LogP contribution in [0.1, 0.15) is 131 Å². The summed E-state index contributed by atoms with van der Waals surface area (Å²) < 4.78 is 6.18. The van der Waals surface area contributed by atoms with Crippen LogP contribution < -0.4 is 16.2 Å². The van der Waals surface area contributed by atoms with Crippen molar-refractivity contribution in [2.45, 2.75) is 108 Å². The Morgan fingerprint density at radius 2 is 1.74 bits per heavy atom. The molecule has 0 saturated heterocycles. The Hall–Kier alpha value is -5.22. The largest absolute Gasteiger partial charge is 0.508 e. The Morgan fingerprint density at radius 1 is 0.926 bits per heavy atom. The number of phenolic OH excluding ortho intramolecular Hbond substituents is 2. The minimum atomic E-state index is -0.781. The van der Waals surface area contributed by atoms with E-state index in [9.17, 15) is 24.9 Å². The van der Waals surface area contributed by atoms with E-state index in [1.54, 1.807) is 58.1 Å². The predicted molar refractivity (Wildman–Crippen MR) is 273 cm³/mol. The van der Waals surface area contributed by atoms with E-state index >= 15 is 0 Å². The lowest BCUT2D eigenvalue weighted by atomic mass is 9.61. The Kier molecular flexibility index (Phi) is 14.6. The Morgan fingerprint density at radius 3 is 2.56 bits per heavy atom. The van der Waals surface area contributed by atoms with Crippen molar-refractivity contribution >= 4 is 33.2 Å². The number of carbonyl (C=O) groups is 2. The van der Waals surface area contributed by atoms with Gasteiger partial charge < -0.3 is 36.5 Å². The van der Waals surface area contributed by atoms with Crippen molar-refractivity contribution in [3.8, 4) is 29.1 Å². The fourth-order valence-corrected chi connectivity index (χ4v) is 14.3. The number of H-pyrrole nitrogens is 1. The first-order valence-corrected chi connectivity index (χ1v) is 26.7. The number of hydrogen-bond donors (Lipinski definition) is 6. The van der Waals surface area contributed by atoms with Crippen LogP contribution in [0, 0.1) is 34.5 Å². The van der Waals surface area contributed by atoms with Crippen molar-refractivity contribution in [2.24, 2.45) is 34.1 Å². The third kappa shape index (κ3) is 10.5. The summed E-state index contributed by atoms with van der Waals surface area (Å²) in [5.41, 5.74) is 20.7. The first-order valence-electron chi connectivity index (χ1n) is 24.2. The molecule has 1 aromatic heterocycles. The zero-order valence-corrected chi connectivity index (χ0v) is 40.5. The van der Waals surface area contributed by atoms with Crippen molar-refractivity contribution in [2.75, 3.05) is 12.4 Å². The lowest BCUT2D eigenvalue weighted by Crippen LogP contribution is -2.38. The van der Waals surface area contributed by atoms with Gasteiger partial charge >= 0.3 is 0 Å². The van der Waals surface area contributed by atoms with Crippen LogP contribution >= 0.6 is 21.6 Å². The molecule has 0 spiro atoms. The van der Waals surface area contributed by atoms with Gasteiger partial charge in [-0.05, 0) is 138 Å². The summed E-state index contributed by atoms with van der Waals surface area (Å²) in [5, 5.41) is 34.6. The van der Waals surface area contributed by atoms with E-state index in [0.29, 0.717) is 72.1 Å². The Balaban J connectivity index is 1.06. The quantitative estimate of drug-likeness (QED) is 0.0547. The number of aryl methyl sites for hydroxylation is 2. The van der Waals surface area contributed by atoms with Gasteiger partial charge in [-0.2, -0.15) is 0 Å². The summed E-state index contributed by atoms with van der Waals surface area (Å²) in [6, 6.07) is 27.2. The minimum absolute atomic E-state index is 0.0120. The Labute approximate surface area is 408 Å². The highest BCUT2D eigenvalue weighted by atomic mass is 33.1. The summed E-state index contributed by atoms with van der Waals surface area (Å²) in [4.78, 5) is 31.2. The molecular formula is C57H63N3O6S2. The molecule has 9 nitrogen and oxygen atoms in total. The summed E-state index contributed by atoms with van der Waals surface area (Å²) in [6.45, 7) is 2.59. The van der Waals surface area contributed by atoms with Crippen LogP contribution in [0.4, 0.5) is 0 Å². The highest BCUT2D eigenvalue weighted by Crippen LogP contribution is 2.64. The predicted octanol–water partition coefficient (Wildman–Crippen LogP) is 10.4. The number of allylic oxidation sites excluding steroid dienone is 2. The van der Waals surface area contributed by atoms with Crippen LogP contribution in [0.5, 0.6) is 17.2 Å². The maximum absolute atomic E-state index is 14.3. The van der Waals surface area contributed by atoms with Crippen molar-refractivity contribution < 1.29 is 29.6 Å². The van der Waals surface area contributed by atoms with Crippen LogP contribution in [0.2, 0.25) is 0 Å². The molecule has 8 bridgehead atoms. The van der Waals surface area contributed by atoms with Crippen LogP contribution in [0.3, 0.4) is 0 Å². The van der Waals surface area contributed by atoms with Crippen LogP contribution in [0.25, 0.3) is 0 Å². The maximum atomic E-state index is 14.3. The van der Waals surface area contributed by atoms with Gasteiger partial charge in [0.05, 0.1) is 25.3 Å². The molecule has 2 fully saturated rings. The van der Waals surface area contributed by atoms with Crippen molar-refractivity contribution in [1.29, 1.82) is 0 Å². The number of aromatic amines is 1. The zero-order chi connectivity index (χ0) is 47.4. The lowest BCUT2D eigenvalue weighted by Gasteiger charge is -2.45. The molecule has 11 heteroatoms. The highest BCUT2D eigenvalue weighted by Gasteiger charge is 2.59. The van der Waals surface area contributed by atoms with Gasteiger partial charge in [0.2, 0.25) is 0 Å². The van der Waals surface area contributed by atoms with Gasteiger partial charge in [-0.25, -0.2) is 0 Å². The van der Waals surface area contributed by atoms with Gasteiger partial charge in [-0.15, -0.1) is 0 Å². The molecule has 354 valence electrons. The normalized spacial score (nSPS) is 25.2. The first kappa shape index (κ1) is 47.8. The smallest absolute Gasteiger partial charge is 0.165 e. The van der Waals surface area contributed by atoms with E-state index in [1.807, 2.05) is 24.3 Å². The number of aliphatic hydroxyl groups excluding tert-OH is 1. The van der Waals surface area contributed by atoms with Gasteiger partial charge in [0.15, 0.2) is 23.1 Å². The highest BCUT2D eigenvalue weighted by molar-refractivity contribution is 8.76. The standard InChI is InChI=1S/C57H63N3O6S2/c1-36(10-11-37-6-3-2-4-7-37)26-42-18-22-57-34-56(42,32-54(57)65)23-19-43(61)15-12-38-14-17-51(63)53(28-38)66-25-21-39-13-16-50(62)48(27-39)47-31-52(64)44-20-24-60-49(44)9-5-8-40-29-46(55(58)59)41(30-45(40)47)33-67-68-35-57/h2-4,6-7,13-14,16-17,19-20,23-24,27-30,36,42,47,54-55,60,62-63,65H,9-12,15,18,21-22,25-26,31-35,58-59H2,1H3/b23-19-/t36-,42+,47+,54-,56+,57+/m1/s1. The number of phenols is 2. The number of aromatic hydroxyl groups is 2. The fourth-order valence-electron chi connectivity index (χ4n) is 11.5. The molecule has 68 heavy (non-hydrogen) atoms. The average molecular weight is 950 g/mol. The monoisotopic (exact) mass is 949 g/mol. The molecule has 2 heterocycles. The van der Waals surface area contributed by atoms with E-state index in [1.165, 1.54) is 5.56 Å². The number of carbonyl (C=O) groups excluding carboxylic acids is 2. The van der Waals surface area contributed by atoms with E-state index in [4.69, 9.17) is 16.2 Å². The number of Topliss-reactive ketones (excluding diaryl/α,β-unsaturated/α-hetero) is 1. The topological polar surface area (TPSA) is 172 Å². The first-order chi connectivity index (χ1) is 32.9. The molecule has 9 rings (SSSR count). The number of aliphatic hydroxyl groups is 1. The molecule has 8 N–H and O–H groups in total. The fraction of sp³-hybridized carbons (Fsp3) is 0.404. The number of nitrogens with two attached hydrogens (primary N) is 2. The number of benzene rings is 4. The van der Waals surface area contributed by atoms with Gasteiger partial charge in [-0.3, -0.25) is 9.59 Å². The number of rotatable bonds is 6. The molecule has 5 aromatic rings. The molecule has 1 aliphatic heterocycles. The molecule has 0 radical (unpaired) electrons. The molecule has 2 saturated carbocycles. The van der Waals surface area contributed by atoms with Crippen LogP contribution in [-0.4, -0.2) is 50.3 Å². The van der Waals surface area contributed by atoms with Crippen molar-refractivity contribution in [1.82, 2.24) is 4.98 Å².